The number of rotatable bonds is 1. The van der Waals surface area contributed by atoms with Crippen LogP contribution in [-0.2, 0) is 7.05 Å². The number of aromatic nitrogens is 2. The van der Waals surface area contributed by atoms with Gasteiger partial charge >= 0.3 is 0 Å². The molecule has 1 aliphatic rings. The predicted octanol–water partition coefficient (Wildman–Crippen LogP) is 5.11. The van der Waals surface area contributed by atoms with Crippen LogP contribution in [0, 0.1) is 0 Å². The average Bonchev–Trinajstić information content (AvgIpc) is 2.75. The molecule has 3 heteroatoms. The van der Waals surface area contributed by atoms with E-state index in [4.69, 9.17) is 0 Å². The summed E-state index contributed by atoms with van der Waals surface area (Å²) in [5, 5.41) is 0. The quantitative estimate of drug-likeness (QED) is 0.716. The number of benzene rings is 1. The SMILES string of the molecule is CC.CC.Cn1c(C2=NC=CCCC2)nc2ccccc21. The van der Waals surface area contributed by atoms with Crippen LogP contribution in [0.5, 0.6) is 0 Å². The van der Waals surface area contributed by atoms with Crippen molar-refractivity contribution in [3.63, 3.8) is 0 Å². The summed E-state index contributed by atoms with van der Waals surface area (Å²) in [6.07, 6.45) is 7.29. The molecule has 0 saturated heterocycles. The molecule has 3 nitrogen and oxygen atoms in total. The number of hydrogen-bond acceptors (Lipinski definition) is 2. The summed E-state index contributed by atoms with van der Waals surface area (Å²) < 4.78 is 2.13. The number of allylic oxidation sites excluding steroid dienone is 1. The van der Waals surface area contributed by atoms with Gasteiger partial charge in [-0.2, -0.15) is 0 Å². The van der Waals surface area contributed by atoms with E-state index < -0.39 is 0 Å². The molecular formula is C18H27N3. The smallest absolute Gasteiger partial charge is 0.155 e. The minimum Gasteiger partial charge on any atom is -0.326 e. The summed E-state index contributed by atoms with van der Waals surface area (Å²) >= 11 is 0. The van der Waals surface area contributed by atoms with E-state index in [2.05, 4.69) is 33.7 Å². The van der Waals surface area contributed by atoms with Crippen molar-refractivity contribution in [2.75, 3.05) is 0 Å². The third-order valence-electron chi connectivity index (χ3n) is 3.17. The molecule has 0 unspecified atom stereocenters. The summed E-state index contributed by atoms with van der Waals surface area (Å²) in [6.45, 7) is 8.00. The molecule has 114 valence electrons. The molecule has 0 atom stereocenters. The fraction of sp³-hybridized carbons (Fsp3) is 0.444. The van der Waals surface area contributed by atoms with Crippen molar-refractivity contribution >= 4 is 16.7 Å². The number of aliphatic imine (C=N–C) groups is 1. The Hall–Kier alpha value is -1.90. The van der Waals surface area contributed by atoms with E-state index in [1.807, 2.05) is 52.1 Å². The monoisotopic (exact) mass is 285 g/mol. The molecule has 3 rings (SSSR count). The third-order valence-corrected chi connectivity index (χ3v) is 3.17. The van der Waals surface area contributed by atoms with E-state index >= 15 is 0 Å². The van der Waals surface area contributed by atoms with Gasteiger partial charge in [0.2, 0.25) is 0 Å². The van der Waals surface area contributed by atoms with Gasteiger partial charge < -0.3 is 4.57 Å². The number of hydrogen-bond donors (Lipinski definition) is 0. The van der Waals surface area contributed by atoms with Gasteiger partial charge in [0.1, 0.15) is 0 Å². The predicted molar refractivity (Wildman–Crippen MR) is 92.9 cm³/mol. The van der Waals surface area contributed by atoms with Gasteiger partial charge in [-0.05, 0) is 31.4 Å². The van der Waals surface area contributed by atoms with Gasteiger partial charge in [0.25, 0.3) is 0 Å². The summed E-state index contributed by atoms with van der Waals surface area (Å²) in [7, 11) is 2.06. The van der Waals surface area contributed by atoms with Crippen LogP contribution in [0.2, 0.25) is 0 Å². The molecule has 0 spiro atoms. The van der Waals surface area contributed by atoms with Crippen molar-refractivity contribution < 1.29 is 0 Å². The molecule has 0 radical (unpaired) electrons. The van der Waals surface area contributed by atoms with Crippen molar-refractivity contribution in [1.82, 2.24) is 9.55 Å². The molecule has 2 aromatic rings. The Morgan fingerprint density at radius 1 is 1.05 bits per heavy atom. The molecule has 0 bridgehead atoms. The normalized spacial score (nSPS) is 13.5. The number of imidazole rings is 1. The van der Waals surface area contributed by atoms with Crippen LogP contribution in [-0.4, -0.2) is 15.3 Å². The van der Waals surface area contributed by atoms with Crippen molar-refractivity contribution in [2.45, 2.75) is 47.0 Å². The highest BCUT2D eigenvalue weighted by Gasteiger charge is 2.13. The fourth-order valence-electron chi connectivity index (χ4n) is 2.24. The first-order valence-electron chi connectivity index (χ1n) is 8.00. The standard InChI is InChI=1S/C14H15N3.2C2H6/c1-17-13-9-5-4-7-11(13)16-14(17)12-8-3-2-6-10-15-12;2*1-2/h4-7,9-10H,2-3,8H2,1H3;2*1-2H3. The number of para-hydroxylation sites is 2. The van der Waals surface area contributed by atoms with Crippen molar-refractivity contribution in [1.29, 1.82) is 0 Å². The van der Waals surface area contributed by atoms with Gasteiger partial charge in [-0.1, -0.05) is 45.9 Å². The number of nitrogens with zero attached hydrogens (tertiary/aromatic N) is 3. The number of aryl methyl sites for hydroxylation is 1. The van der Waals surface area contributed by atoms with Crippen molar-refractivity contribution in [2.24, 2.45) is 12.0 Å². The second-order valence-corrected chi connectivity index (χ2v) is 4.34. The molecule has 0 aliphatic carbocycles. The molecule has 0 fully saturated rings. The highest BCUT2D eigenvalue weighted by Crippen LogP contribution is 2.18. The van der Waals surface area contributed by atoms with E-state index in [0.29, 0.717) is 0 Å². The highest BCUT2D eigenvalue weighted by molar-refractivity contribution is 6.00. The zero-order chi connectivity index (χ0) is 15.7. The van der Waals surface area contributed by atoms with Crippen LogP contribution in [0.25, 0.3) is 11.0 Å². The maximum absolute atomic E-state index is 4.68. The molecule has 1 aromatic heterocycles. The molecule has 1 aliphatic heterocycles. The summed E-state index contributed by atoms with van der Waals surface area (Å²) in [6, 6.07) is 8.21. The molecule has 0 saturated carbocycles. The minimum absolute atomic E-state index is 0.998. The fourth-order valence-corrected chi connectivity index (χ4v) is 2.24. The third kappa shape index (κ3) is 4.03. The van der Waals surface area contributed by atoms with Gasteiger partial charge in [-0.25, -0.2) is 4.98 Å². The lowest BCUT2D eigenvalue weighted by molar-refractivity contribution is 0.875. The molecule has 1 aromatic carbocycles. The first-order chi connectivity index (χ1) is 10.4. The van der Waals surface area contributed by atoms with Crippen LogP contribution in [0.1, 0.15) is 52.8 Å². The summed E-state index contributed by atoms with van der Waals surface area (Å²) in [4.78, 5) is 9.18. The van der Waals surface area contributed by atoms with E-state index in [0.717, 1.165) is 36.3 Å². The van der Waals surface area contributed by atoms with E-state index in [1.54, 1.807) is 0 Å². The largest absolute Gasteiger partial charge is 0.326 e. The van der Waals surface area contributed by atoms with Crippen LogP contribution in [0.3, 0.4) is 0 Å². The zero-order valence-corrected chi connectivity index (χ0v) is 13.9. The molecule has 21 heavy (non-hydrogen) atoms. The second kappa shape index (κ2) is 9.11. The summed E-state index contributed by atoms with van der Waals surface area (Å²) in [5.74, 6) is 0.998. The van der Waals surface area contributed by atoms with Gasteiger partial charge in [0, 0.05) is 13.2 Å². The molecule has 0 amide bonds. The van der Waals surface area contributed by atoms with Crippen molar-refractivity contribution in [3.8, 4) is 0 Å². The van der Waals surface area contributed by atoms with Crippen LogP contribution >= 0.6 is 0 Å². The Morgan fingerprint density at radius 3 is 2.48 bits per heavy atom. The van der Waals surface area contributed by atoms with Gasteiger partial charge in [-0.15, -0.1) is 0 Å². The Balaban J connectivity index is 0.000000510. The Bertz CT molecular complexity index is 606. The van der Waals surface area contributed by atoms with Gasteiger partial charge in [0.05, 0.1) is 16.7 Å². The Kier molecular flexibility index (Phi) is 7.44. The van der Waals surface area contributed by atoms with Crippen LogP contribution < -0.4 is 0 Å². The topological polar surface area (TPSA) is 30.2 Å². The number of fused-ring (bicyclic) bond motifs is 1. The van der Waals surface area contributed by atoms with E-state index in [9.17, 15) is 0 Å². The molecule has 0 N–H and O–H groups in total. The molecule has 2 heterocycles. The van der Waals surface area contributed by atoms with E-state index in [-0.39, 0.29) is 0 Å². The maximum atomic E-state index is 4.68. The van der Waals surface area contributed by atoms with Crippen LogP contribution in [0.4, 0.5) is 0 Å². The Labute approximate surface area is 128 Å². The second-order valence-electron chi connectivity index (χ2n) is 4.34. The highest BCUT2D eigenvalue weighted by atomic mass is 15.1. The van der Waals surface area contributed by atoms with Crippen LogP contribution in [0.15, 0.2) is 41.5 Å². The first kappa shape index (κ1) is 17.2. The van der Waals surface area contributed by atoms with Gasteiger partial charge in [0.15, 0.2) is 5.82 Å². The van der Waals surface area contributed by atoms with Gasteiger partial charge in [-0.3, -0.25) is 4.99 Å². The van der Waals surface area contributed by atoms with E-state index in [1.165, 1.54) is 5.52 Å². The minimum atomic E-state index is 0.998. The maximum Gasteiger partial charge on any atom is 0.155 e. The average molecular weight is 285 g/mol. The lowest BCUT2D eigenvalue weighted by Gasteiger charge is -2.03. The summed E-state index contributed by atoms with van der Waals surface area (Å²) in [5.41, 5.74) is 3.30. The molecular weight excluding hydrogens is 258 g/mol. The lowest BCUT2D eigenvalue weighted by atomic mass is 10.1. The first-order valence-corrected chi connectivity index (χ1v) is 8.00. The lowest BCUT2D eigenvalue weighted by Crippen LogP contribution is -2.08. The Morgan fingerprint density at radius 2 is 1.76 bits per heavy atom. The zero-order valence-electron chi connectivity index (χ0n) is 13.9. The van der Waals surface area contributed by atoms with Crippen molar-refractivity contribution in [3.05, 3.63) is 42.4 Å².